The van der Waals surface area contributed by atoms with Gasteiger partial charge in [-0.25, -0.2) is 9.97 Å². The molecular formula is C24H24N4O2. The Morgan fingerprint density at radius 1 is 0.967 bits per heavy atom. The van der Waals surface area contributed by atoms with E-state index in [2.05, 4.69) is 46.5 Å². The van der Waals surface area contributed by atoms with E-state index in [-0.39, 0.29) is 12.2 Å². The number of anilines is 1. The monoisotopic (exact) mass is 400 g/mol. The van der Waals surface area contributed by atoms with Crippen molar-refractivity contribution in [2.45, 2.75) is 33.4 Å². The highest BCUT2D eigenvalue weighted by Crippen LogP contribution is 2.23. The van der Waals surface area contributed by atoms with Crippen molar-refractivity contribution >= 4 is 16.7 Å². The molecule has 4 aromatic rings. The molecule has 0 bridgehead atoms. The summed E-state index contributed by atoms with van der Waals surface area (Å²) in [6, 6.07) is 19.7. The summed E-state index contributed by atoms with van der Waals surface area (Å²) in [5.74, 6) is 0. The van der Waals surface area contributed by atoms with Crippen molar-refractivity contribution in [1.29, 1.82) is 0 Å². The van der Waals surface area contributed by atoms with Crippen molar-refractivity contribution in [1.82, 2.24) is 14.7 Å². The smallest absolute Gasteiger partial charge is 0.287 e. The van der Waals surface area contributed by atoms with Crippen molar-refractivity contribution in [3.63, 3.8) is 0 Å². The van der Waals surface area contributed by atoms with Crippen molar-refractivity contribution < 1.29 is 4.84 Å². The van der Waals surface area contributed by atoms with Gasteiger partial charge in [-0.15, -0.1) is 4.73 Å². The van der Waals surface area contributed by atoms with E-state index in [4.69, 9.17) is 4.84 Å². The van der Waals surface area contributed by atoms with Crippen molar-refractivity contribution in [2.24, 2.45) is 0 Å². The molecule has 0 aliphatic carbocycles. The fourth-order valence-corrected chi connectivity index (χ4v) is 3.42. The lowest BCUT2D eigenvalue weighted by molar-refractivity contribution is 0.0979. The number of pyridine rings is 1. The van der Waals surface area contributed by atoms with Crippen LogP contribution < -0.4 is 15.7 Å². The highest BCUT2D eigenvalue weighted by atomic mass is 16.7. The molecule has 0 saturated heterocycles. The number of aromatic nitrogens is 3. The van der Waals surface area contributed by atoms with E-state index in [0.29, 0.717) is 17.9 Å². The predicted molar refractivity (Wildman–Crippen MR) is 118 cm³/mol. The topological polar surface area (TPSA) is 69.0 Å². The summed E-state index contributed by atoms with van der Waals surface area (Å²) in [6.07, 6.45) is 2.44. The van der Waals surface area contributed by atoms with Crippen molar-refractivity contribution in [3.05, 3.63) is 99.7 Å². The maximum absolute atomic E-state index is 12.8. The molecular weight excluding hydrogens is 376 g/mol. The minimum Gasteiger partial charge on any atom is -0.404 e. The molecule has 0 aliphatic rings. The lowest BCUT2D eigenvalue weighted by Gasteiger charge is -2.15. The predicted octanol–water partition coefficient (Wildman–Crippen LogP) is 3.90. The SMILES string of the molecule is CCc1cccc(CNc2cc(=O)n(OCc3ccccc3)c3ncnc(C)c23)c1. The van der Waals surface area contributed by atoms with E-state index < -0.39 is 0 Å². The Balaban J connectivity index is 1.66. The molecule has 0 atom stereocenters. The number of aryl methyl sites for hydroxylation is 2. The molecule has 0 spiro atoms. The standard InChI is InChI=1S/C24H24N4O2/c1-3-18-10-7-11-20(12-18)14-25-21-13-22(29)28(24-23(21)17(2)26-16-27-24)30-15-19-8-5-4-6-9-19/h4-13,16,25H,3,14-15H2,1-2H3. The van der Waals surface area contributed by atoms with Gasteiger partial charge in [0.1, 0.15) is 12.9 Å². The zero-order chi connectivity index (χ0) is 20.9. The van der Waals surface area contributed by atoms with Crippen LogP contribution in [0.3, 0.4) is 0 Å². The fourth-order valence-electron chi connectivity index (χ4n) is 3.42. The molecule has 1 N–H and O–H groups in total. The van der Waals surface area contributed by atoms with Gasteiger partial charge in [-0.05, 0) is 30.0 Å². The molecule has 6 nitrogen and oxygen atoms in total. The summed E-state index contributed by atoms with van der Waals surface area (Å²) in [5.41, 5.74) is 5.07. The van der Waals surface area contributed by atoms with E-state index in [0.717, 1.165) is 28.6 Å². The lowest BCUT2D eigenvalue weighted by atomic mass is 10.1. The van der Waals surface area contributed by atoms with Crippen LogP contribution >= 0.6 is 0 Å². The highest BCUT2D eigenvalue weighted by Gasteiger charge is 2.14. The molecule has 0 saturated carbocycles. The van der Waals surface area contributed by atoms with Gasteiger partial charge in [0.05, 0.1) is 16.8 Å². The van der Waals surface area contributed by atoms with E-state index >= 15 is 0 Å². The van der Waals surface area contributed by atoms with Gasteiger partial charge in [0.15, 0.2) is 5.65 Å². The molecule has 6 heteroatoms. The first-order chi connectivity index (χ1) is 14.7. The molecule has 4 rings (SSSR count). The normalized spacial score (nSPS) is 10.9. The molecule has 2 heterocycles. The minimum atomic E-state index is -0.277. The summed E-state index contributed by atoms with van der Waals surface area (Å²) in [7, 11) is 0. The number of hydrogen-bond donors (Lipinski definition) is 1. The molecule has 0 aliphatic heterocycles. The second-order valence-corrected chi connectivity index (χ2v) is 7.13. The van der Waals surface area contributed by atoms with Crippen LogP contribution in [0.1, 0.15) is 29.3 Å². The van der Waals surface area contributed by atoms with Gasteiger partial charge in [0, 0.05) is 12.6 Å². The summed E-state index contributed by atoms with van der Waals surface area (Å²) >= 11 is 0. The Kier molecular flexibility index (Phi) is 5.75. The van der Waals surface area contributed by atoms with Crippen LogP contribution in [0.2, 0.25) is 0 Å². The number of fused-ring (bicyclic) bond motifs is 1. The van der Waals surface area contributed by atoms with Crippen LogP contribution in [0.25, 0.3) is 11.0 Å². The first-order valence-corrected chi connectivity index (χ1v) is 10.0. The number of hydrogen-bond acceptors (Lipinski definition) is 5. The zero-order valence-corrected chi connectivity index (χ0v) is 17.1. The Hall–Kier alpha value is -3.67. The van der Waals surface area contributed by atoms with E-state index in [1.807, 2.05) is 37.3 Å². The largest absolute Gasteiger partial charge is 0.404 e. The fraction of sp³-hybridized carbons (Fsp3) is 0.208. The number of benzene rings is 2. The molecule has 30 heavy (non-hydrogen) atoms. The average Bonchev–Trinajstić information content (AvgIpc) is 2.78. The zero-order valence-electron chi connectivity index (χ0n) is 17.1. The van der Waals surface area contributed by atoms with Gasteiger partial charge in [-0.1, -0.05) is 61.5 Å². The molecule has 0 fully saturated rings. The second kappa shape index (κ2) is 8.78. The van der Waals surface area contributed by atoms with E-state index in [9.17, 15) is 4.79 Å². The number of rotatable bonds is 7. The molecule has 0 radical (unpaired) electrons. The first kappa shape index (κ1) is 19.6. The van der Waals surface area contributed by atoms with Crippen LogP contribution in [0.15, 0.2) is 71.8 Å². The van der Waals surface area contributed by atoms with E-state index in [1.54, 1.807) is 6.07 Å². The second-order valence-electron chi connectivity index (χ2n) is 7.13. The Morgan fingerprint density at radius 2 is 1.73 bits per heavy atom. The van der Waals surface area contributed by atoms with Crippen LogP contribution in [-0.4, -0.2) is 14.7 Å². The summed E-state index contributed by atoms with van der Waals surface area (Å²) in [4.78, 5) is 27.3. The molecule has 2 aromatic heterocycles. The highest BCUT2D eigenvalue weighted by molar-refractivity contribution is 5.90. The third kappa shape index (κ3) is 4.17. The molecule has 0 amide bonds. The van der Waals surface area contributed by atoms with Gasteiger partial charge in [0.2, 0.25) is 0 Å². The maximum atomic E-state index is 12.8. The van der Waals surface area contributed by atoms with Gasteiger partial charge in [0.25, 0.3) is 5.56 Å². The van der Waals surface area contributed by atoms with Crippen LogP contribution in [-0.2, 0) is 19.6 Å². The molecule has 2 aromatic carbocycles. The van der Waals surface area contributed by atoms with Crippen LogP contribution in [0, 0.1) is 6.92 Å². The third-order valence-electron chi connectivity index (χ3n) is 5.03. The quantitative estimate of drug-likeness (QED) is 0.509. The Labute approximate surface area is 175 Å². The third-order valence-corrected chi connectivity index (χ3v) is 5.03. The van der Waals surface area contributed by atoms with Crippen LogP contribution in [0.5, 0.6) is 0 Å². The average molecular weight is 400 g/mol. The summed E-state index contributed by atoms with van der Waals surface area (Å²) < 4.78 is 1.25. The number of nitrogens with one attached hydrogen (secondary N) is 1. The first-order valence-electron chi connectivity index (χ1n) is 10.0. The van der Waals surface area contributed by atoms with Crippen LogP contribution in [0.4, 0.5) is 5.69 Å². The molecule has 0 unspecified atom stereocenters. The van der Waals surface area contributed by atoms with Gasteiger partial charge in [-0.3, -0.25) is 4.79 Å². The van der Waals surface area contributed by atoms with Gasteiger partial charge in [-0.2, -0.15) is 0 Å². The summed E-state index contributed by atoms with van der Waals surface area (Å²) in [5, 5.41) is 4.16. The number of nitrogens with zero attached hydrogens (tertiary/aromatic N) is 3. The van der Waals surface area contributed by atoms with E-state index in [1.165, 1.54) is 16.6 Å². The van der Waals surface area contributed by atoms with Crippen molar-refractivity contribution in [2.75, 3.05) is 5.32 Å². The maximum Gasteiger partial charge on any atom is 0.287 e. The Morgan fingerprint density at radius 3 is 2.53 bits per heavy atom. The minimum absolute atomic E-state index is 0.273. The summed E-state index contributed by atoms with van der Waals surface area (Å²) in [6.45, 7) is 4.91. The lowest BCUT2D eigenvalue weighted by Crippen LogP contribution is -2.28. The Bertz CT molecular complexity index is 1220. The van der Waals surface area contributed by atoms with Gasteiger partial charge >= 0.3 is 0 Å². The molecule has 152 valence electrons. The van der Waals surface area contributed by atoms with Crippen molar-refractivity contribution in [3.8, 4) is 0 Å². The van der Waals surface area contributed by atoms with Gasteiger partial charge < -0.3 is 10.2 Å².